The summed E-state index contributed by atoms with van der Waals surface area (Å²) >= 11 is 3.06. The highest BCUT2D eigenvalue weighted by Crippen LogP contribution is 2.27. The number of anilines is 2. The van der Waals surface area contributed by atoms with E-state index >= 15 is 0 Å². The number of pyridine rings is 1. The van der Waals surface area contributed by atoms with Crippen molar-refractivity contribution in [3.63, 3.8) is 0 Å². The van der Waals surface area contributed by atoms with Gasteiger partial charge in [-0.2, -0.15) is 4.39 Å². The van der Waals surface area contributed by atoms with Crippen molar-refractivity contribution in [2.24, 2.45) is 7.05 Å². The summed E-state index contributed by atoms with van der Waals surface area (Å²) in [5, 5.41) is 22.7. The standard InChI is InChI=1S/C12H9BrF2N3O3/c1-17-5-9(18(20)21)11(10(15)12(17)19)16-8-3-2-6(13)4-7(8)14/h2-5,16,18H,1H3/q-1. The molecule has 0 unspecified atom stereocenters. The van der Waals surface area contributed by atoms with Crippen LogP contribution < -0.4 is 16.1 Å². The fraction of sp³-hybridized carbons (Fsp3) is 0.0833. The maximum absolute atomic E-state index is 14.0. The quantitative estimate of drug-likeness (QED) is 0.815. The highest BCUT2D eigenvalue weighted by molar-refractivity contribution is 9.10. The molecular formula is C12H9BrF2N3O3-. The summed E-state index contributed by atoms with van der Waals surface area (Å²) in [6.45, 7) is 0. The van der Waals surface area contributed by atoms with Crippen LogP contribution in [0.25, 0.3) is 0 Å². The van der Waals surface area contributed by atoms with E-state index in [1.165, 1.54) is 19.2 Å². The van der Waals surface area contributed by atoms with Crippen LogP contribution in [0, 0.1) is 22.0 Å². The molecule has 1 heterocycles. The van der Waals surface area contributed by atoms with Crippen LogP contribution in [-0.4, -0.2) is 4.57 Å². The molecule has 0 radical (unpaired) electrons. The van der Waals surface area contributed by atoms with Crippen LogP contribution in [0.15, 0.2) is 33.7 Å². The van der Waals surface area contributed by atoms with E-state index in [4.69, 9.17) is 0 Å². The van der Waals surface area contributed by atoms with Crippen molar-refractivity contribution in [2.45, 2.75) is 0 Å². The van der Waals surface area contributed by atoms with Crippen LogP contribution in [0.1, 0.15) is 0 Å². The van der Waals surface area contributed by atoms with Gasteiger partial charge in [0.15, 0.2) is 5.69 Å². The predicted molar refractivity (Wildman–Crippen MR) is 76.4 cm³/mol. The molecule has 1 aromatic carbocycles. The Kier molecular flexibility index (Phi) is 4.37. The maximum atomic E-state index is 14.0. The third-order valence-electron chi connectivity index (χ3n) is 2.73. The van der Waals surface area contributed by atoms with Crippen molar-refractivity contribution < 1.29 is 14.0 Å². The van der Waals surface area contributed by atoms with Crippen molar-refractivity contribution >= 4 is 33.0 Å². The summed E-state index contributed by atoms with van der Waals surface area (Å²) in [7, 11) is 1.20. The van der Waals surface area contributed by atoms with Crippen molar-refractivity contribution in [3.05, 3.63) is 61.3 Å². The first kappa shape index (κ1) is 15.6. The number of aromatic nitrogens is 1. The lowest BCUT2D eigenvalue weighted by atomic mass is 10.2. The topological polar surface area (TPSA) is 84.6 Å². The van der Waals surface area contributed by atoms with Crippen molar-refractivity contribution in [3.8, 4) is 0 Å². The first-order valence-corrected chi connectivity index (χ1v) is 6.43. The first-order chi connectivity index (χ1) is 9.81. The molecule has 9 heteroatoms. The molecule has 0 spiro atoms. The van der Waals surface area contributed by atoms with Gasteiger partial charge in [-0.3, -0.25) is 4.79 Å². The van der Waals surface area contributed by atoms with Gasteiger partial charge >= 0.3 is 0 Å². The van der Waals surface area contributed by atoms with E-state index in [2.05, 4.69) is 21.2 Å². The third kappa shape index (κ3) is 3.10. The van der Waals surface area contributed by atoms with Crippen LogP contribution in [0.5, 0.6) is 0 Å². The summed E-state index contributed by atoms with van der Waals surface area (Å²) < 4.78 is 28.9. The van der Waals surface area contributed by atoms with Gasteiger partial charge in [0.2, 0.25) is 5.82 Å². The Morgan fingerprint density at radius 1 is 1.33 bits per heavy atom. The molecule has 0 aliphatic heterocycles. The molecule has 6 nitrogen and oxygen atoms in total. The number of benzene rings is 1. The second-order valence-corrected chi connectivity index (χ2v) is 5.10. The zero-order valence-electron chi connectivity index (χ0n) is 10.6. The molecule has 0 amide bonds. The minimum absolute atomic E-state index is 0.173. The van der Waals surface area contributed by atoms with Gasteiger partial charge in [0.1, 0.15) is 11.5 Å². The van der Waals surface area contributed by atoms with Gasteiger partial charge in [0.05, 0.1) is 11.9 Å². The Morgan fingerprint density at radius 3 is 2.57 bits per heavy atom. The average Bonchev–Trinajstić information content (AvgIpc) is 2.41. The lowest BCUT2D eigenvalue weighted by molar-refractivity contribution is -0.714. The predicted octanol–water partition coefficient (Wildman–Crippen LogP) is 1.68. The largest absolute Gasteiger partial charge is 0.628 e. The molecule has 0 atom stereocenters. The summed E-state index contributed by atoms with van der Waals surface area (Å²) in [6, 6.07) is 3.86. The molecule has 0 aliphatic carbocycles. The van der Waals surface area contributed by atoms with E-state index < -0.39 is 33.8 Å². The number of aryl methyl sites for hydroxylation is 1. The second-order valence-electron chi connectivity index (χ2n) is 4.18. The highest BCUT2D eigenvalue weighted by Gasteiger charge is 2.18. The fourth-order valence-electron chi connectivity index (χ4n) is 1.70. The SMILES string of the molecule is Cn1cc([NH+]([O-])[O-])c(Nc2ccc(Br)cc2F)c(F)c1=O. The van der Waals surface area contributed by atoms with Gasteiger partial charge in [-0.1, -0.05) is 15.9 Å². The van der Waals surface area contributed by atoms with Gasteiger partial charge in [-0.15, -0.1) is 0 Å². The molecule has 2 aromatic rings. The first-order valence-electron chi connectivity index (χ1n) is 5.64. The normalized spacial score (nSPS) is 11.0. The molecule has 0 aliphatic rings. The molecule has 0 saturated heterocycles. The number of hydrogen-bond acceptors (Lipinski definition) is 4. The fourth-order valence-corrected chi connectivity index (χ4v) is 2.03. The molecule has 2 rings (SSSR count). The van der Waals surface area contributed by atoms with Crippen LogP contribution in [0.4, 0.5) is 25.8 Å². The van der Waals surface area contributed by atoms with E-state index in [9.17, 15) is 24.0 Å². The molecule has 1 aromatic heterocycles. The number of nitrogens with zero attached hydrogens (tertiary/aromatic N) is 1. The lowest BCUT2D eigenvalue weighted by Gasteiger charge is -2.27. The van der Waals surface area contributed by atoms with Gasteiger partial charge in [0, 0.05) is 11.5 Å². The molecule has 0 fully saturated rings. The minimum Gasteiger partial charge on any atom is -0.628 e. The van der Waals surface area contributed by atoms with Crippen LogP contribution in [0.2, 0.25) is 0 Å². The Balaban J connectivity index is 2.58. The zero-order chi connectivity index (χ0) is 15.7. The summed E-state index contributed by atoms with van der Waals surface area (Å²) in [5.74, 6) is -2.07. The highest BCUT2D eigenvalue weighted by atomic mass is 79.9. The second kappa shape index (κ2) is 5.90. The molecule has 0 bridgehead atoms. The van der Waals surface area contributed by atoms with Crippen LogP contribution in [0.3, 0.4) is 0 Å². The molecule has 0 saturated carbocycles. The van der Waals surface area contributed by atoms with Crippen LogP contribution >= 0.6 is 15.9 Å². The molecule has 112 valence electrons. The Morgan fingerprint density at radius 2 is 2.00 bits per heavy atom. The zero-order valence-corrected chi connectivity index (χ0v) is 12.2. The van der Waals surface area contributed by atoms with Gasteiger partial charge < -0.3 is 25.5 Å². The smallest absolute Gasteiger partial charge is 0.288 e. The van der Waals surface area contributed by atoms with E-state index in [1.807, 2.05) is 0 Å². The molecule has 21 heavy (non-hydrogen) atoms. The number of halogens is 3. The van der Waals surface area contributed by atoms with E-state index in [-0.39, 0.29) is 5.69 Å². The van der Waals surface area contributed by atoms with E-state index in [0.29, 0.717) is 4.47 Å². The summed E-state index contributed by atoms with van der Waals surface area (Å²) in [5.41, 5.74) is -2.44. The summed E-state index contributed by atoms with van der Waals surface area (Å²) in [6.07, 6.45) is 0.903. The monoisotopic (exact) mass is 360 g/mol. The number of rotatable bonds is 3. The number of nitrogens with one attached hydrogen (secondary N) is 2. The molecular weight excluding hydrogens is 352 g/mol. The average molecular weight is 361 g/mol. The third-order valence-corrected chi connectivity index (χ3v) is 3.22. The van der Waals surface area contributed by atoms with Crippen molar-refractivity contribution in [1.29, 1.82) is 0 Å². The Hall–Kier alpha value is -1.81. The van der Waals surface area contributed by atoms with Crippen LogP contribution in [-0.2, 0) is 7.05 Å². The Labute approximate surface area is 125 Å². The number of quaternary nitrogens is 1. The van der Waals surface area contributed by atoms with E-state index in [0.717, 1.165) is 16.8 Å². The van der Waals surface area contributed by atoms with Gasteiger partial charge in [0.25, 0.3) is 5.56 Å². The summed E-state index contributed by atoms with van der Waals surface area (Å²) in [4.78, 5) is 11.5. The van der Waals surface area contributed by atoms with Crippen molar-refractivity contribution in [1.82, 2.24) is 4.57 Å². The lowest BCUT2D eigenvalue weighted by Crippen LogP contribution is -2.96. The van der Waals surface area contributed by atoms with Gasteiger partial charge in [-0.25, -0.2) is 4.39 Å². The maximum Gasteiger partial charge on any atom is 0.288 e. The minimum atomic E-state index is -1.69. The van der Waals surface area contributed by atoms with E-state index in [1.54, 1.807) is 0 Å². The van der Waals surface area contributed by atoms with Crippen molar-refractivity contribution in [2.75, 3.05) is 5.32 Å². The Bertz CT molecular complexity index is 749. The van der Waals surface area contributed by atoms with Gasteiger partial charge in [-0.05, 0) is 18.2 Å². The molecule has 2 N–H and O–H groups in total. The number of hydrogen-bond donors (Lipinski definition) is 2.